The highest BCUT2D eigenvalue weighted by molar-refractivity contribution is 7.88. The largest absolute Gasteiger partial charge is 0.534 e. The first kappa shape index (κ1) is 16.3. The number of benzene rings is 1. The van der Waals surface area contributed by atoms with Gasteiger partial charge in [0.15, 0.2) is 0 Å². The molecule has 0 spiro atoms. The maximum atomic E-state index is 12.2. The molecule has 0 saturated carbocycles. The van der Waals surface area contributed by atoms with Crippen molar-refractivity contribution in [2.24, 2.45) is 0 Å². The number of carbonyl (C=O) groups is 1. The molecule has 1 aromatic rings. The summed E-state index contributed by atoms with van der Waals surface area (Å²) in [4.78, 5) is 11.3. The number of rotatable bonds is 5. The Morgan fingerprint density at radius 1 is 1.25 bits per heavy atom. The fourth-order valence-corrected chi connectivity index (χ4v) is 1.76. The average Bonchev–Trinajstić information content (AvgIpc) is 2.30. The third-order valence-corrected chi connectivity index (χ3v) is 3.06. The van der Waals surface area contributed by atoms with E-state index in [2.05, 4.69) is 8.92 Å². The molecule has 0 heterocycles. The van der Waals surface area contributed by atoms with Crippen LogP contribution in [0.5, 0.6) is 5.75 Å². The molecule has 0 aliphatic carbocycles. The van der Waals surface area contributed by atoms with Gasteiger partial charge in [-0.1, -0.05) is 18.2 Å². The molecule has 0 aromatic heterocycles. The lowest BCUT2D eigenvalue weighted by Crippen LogP contribution is -2.28. The summed E-state index contributed by atoms with van der Waals surface area (Å²) >= 11 is 0. The molecule has 0 unspecified atom stereocenters. The first-order valence-electron chi connectivity index (χ1n) is 5.41. The Balaban J connectivity index is 3.00. The number of esters is 1. The standard InChI is InChI=1S/C11H11F3O5S/c1-2-18-10(15)7-8-5-3-4-6-9(8)19-20(16,17)11(12,13)14/h3-6H,2,7H2,1H3. The van der Waals surface area contributed by atoms with E-state index in [-0.39, 0.29) is 12.2 Å². The van der Waals surface area contributed by atoms with Crippen LogP contribution in [0.25, 0.3) is 0 Å². The lowest BCUT2D eigenvalue weighted by Gasteiger charge is -2.12. The third-order valence-electron chi connectivity index (χ3n) is 2.10. The summed E-state index contributed by atoms with van der Waals surface area (Å²) in [5.41, 5.74) is -5.55. The van der Waals surface area contributed by atoms with Gasteiger partial charge in [-0.05, 0) is 13.0 Å². The third kappa shape index (κ3) is 4.12. The first-order chi connectivity index (χ1) is 9.17. The lowest BCUT2D eigenvalue weighted by atomic mass is 10.1. The lowest BCUT2D eigenvalue weighted by molar-refractivity contribution is -0.142. The fraction of sp³-hybridized carbons (Fsp3) is 0.364. The van der Waals surface area contributed by atoms with Gasteiger partial charge in [-0.25, -0.2) is 0 Å². The second-order valence-corrected chi connectivity index (χ2v) is 5.11. The van der Waals surface area contributed by atoms with Crippen molar-refractivity contribution in [3.8, 4) is 5.75 Å². The minimum absolute atomic E-state index is 0.0150. The maximum Gasteiger partial charge on any atom is 0.534 e. The zero-order valence-corrected chi connectivity index (χ0v) is 11.1. The number of hydrogen-bond donors (Lipinski definition) is 0. The summed E-state index contributed by atoms with van der Waals surface area (Å²) < 4.78 is 67.2. The van der Waals surface area contributed by atoms with Gasteiger partial charge in [0, 0.05) is 5.56 Å². The van der Waals surface area contributed by atoms with Crippen molar-refractivity contribution in [3.05, 3.63) is 29.8 Å². The van der Waals surface area contributed by atoms with Gasteiger partial charge in [-0.2, -0.15) is 21.6 Å². The summed E-state index contributed by atoms with van der Waals surface area (Å²) in [7, 11) is -5.77. The van der Waals surface area contributed by atoms with Gasteiger partial charge in [0.05, 0.1) is 13.0 Å². The molecule has 0 fully saturated rings. The van der Waals surface area contributed by atoms with E-state index in [1.165, 1.54) is 18.2 Å². The van der Waals surface area contributed by atoms with Crippen LogP contribution >= 0.6 is 0 Å². The normalized spacial score (nSPS) is 12.0. The Hall–Kier alpha value is -1.77. The summed E-state index contributed by atoms with van der Waals surface area (Å²) in [6, 6.07) is 5.02. The van der Waals surface area contributed by atoms with E-state index < -0.39 is 33.8 Å². The number of alkyl halides is 3. The van der Waals surface area contributed by atoms with Crippen LogP contribution < -0.4 is 4.18 Å². The number of hydrogen-bond acceptors (Lipinski definition) is 5. The van der Waals surface area contributed by atoms with E-state index in [4.69, 9.17) is 0 Å². The van der Waals surface area contributed by atoms with Gasteiger partial charge in [-0.3, -0.25) is 4.79 Å². The van der Waals surface area contributed by atoms with Gasteiger partial charge in [0.1, 0.15) is 5.75 Å². The molecule has 20 heavy (non-hydrogen) atoms. The van der Waals surface area contributed by atoms with Crippen molar-refractivity contribution < 1.29 is 35.3 Å². The Bertz CT molecular complexity index is 580. The summed E-state index contributed by atoms with van der Waals surface area (Å²) in [6.45, 7) is 1.66. The highest BCUT2D eigenvalue weighted by Gasteiger charge is 2.48. The van der Waals surface area contributed by atoms with E-state index in [0.29, 0.717) is 0 Å². The SMILES string of the molecule is CCOC(=O)Cc1ccccc1OS(=O)(=O)C(F)(F)F. The van der Waals surface area contributed by atoms with Crippen LogP contribution in [0.15, 0.2) is 24.3 Å². The topological polar surface area (TPSA) is 69.7 Å². The molecule has 1 rings (SSSR count). The van der Waals surface area contributed by atoms with Gasteiger partial charge < -0.3 is 8.92 Å². The summed E-state index contributed by atoms with van der Waals surface area (Å²) in [6.07, 6.45) is -0.391. The minimum Gasteiger partial charge on any atom is -0.466 e. The molecule has 112 valence electrons. The maximum absolute atomic E-state index is 12.2. The quantitative estimate of drug-likeness (QED) is 0.472. The first-order valence-corrected chi connectivity index (χ1v) is 6.82. The molecule has 0 radical (unpaired) electrons. The number of halogens is 3. The van der Waals surface area contributed by atoms with Crippen molar-refractivity contribution in [3.63, 3.8) is 0 Å². The molecule has 1 aromatic carbocycles. The predicted octanol–water partition coefficient (Wildman–Crippen LogP) is 2.02. The van der Waals surface area contributed by atoms with Crippen LogP contribution in [0, 0.1) is 0 Å². The molecule has 0 atom stereocenters. The Kier molecular flexibility index (Phi) is 4.98. The Morgan fingerprint density at radius 2 is 1.85 bits per heavy atom. The zero-order valence-electron chi connectivity index (χ0n) is 10.3. The molecular formula is C11H11F3O5S. The monoisotopic (exact) mass is 312 g/mol. The van der Waals surface area contributed by atoms with E-state index in [1.807, 2.05) is 0 Å². The number of ether oxygens (including phenoxy) is 1. The van der Waals surface area contributed by atoms with Crippen molar-refractivity contribution in [2.75, 3.05) is 6.61 Å². The van der Waals surface area contributed by atoms with Crippen molar-refractivity contribution >= 4 is 16.1 Å². The van der Waals surface area contributed by atoms with Crippen molar-refractivity contribution in [2.45, 2.75) is 18.9 Å². The molecular weight excluding hydrogens is 301 g/mol. The van der Waals surface area contributed by atoms with Crippen LogP contribution in [0.2, 0.25) is 0 Å². The second kappa shape index (κ2) is 6.12. The van der Waals surface area contributed by atoms with E-state index in [9.17, 15) is 26.4 Å². The van der Waals surface area contributed by atoms with Crippen LogP contribution in [-0.4, -0.2) is 26.5 Å². The van der Waals surface area contributed by atoms with Crippen molar-refractivity contribution in [1.29, 1.82) is 0 Å². The second-order valence-electron chi connectivity index (χ2n) is 3.57. The zero-order chi connectivity index (χ0) is 15.4. The number of carbonyl (C=O) groups excluding carboxylic acids is 1. The van der Waals surface area contributed by atoms with Crippen LogP contribution in [-0.2, 0) is 26.1 Å². The number of para-hydroxylation sites is 1. The van der Waals surface area contributed by atoms with Gasteiger partial charge >= 0.3 is 21.6 Å². The van der Waals surface area contributed by atoms with Gasteiger partial charge in [-0.15, -0.1) is 0 Å². The Labute approximate surface area is 113 Å². The van der Waals surface area contributed by atoms with Crippen LogP contribution in [0.3, 0.4) is 0 Å². The van der Waals surface area contributed by atoms with E-state index in [1.54, 1.807) is 6.92 Å². The van der Waals surface area contributed by atoms with Gasteiger partial charge in [0.25, 0.3) is 0 Å². The predicted molar refractivity (Wildman–Crippen MR) is 62.4 cm³/mol. The molecule has 5 nitrogen and oxygen atoms in total. The molecule has 0 bridgehead atoms. The molecule has 0 amide bonds. The summed E-state index contributed by atoms with van der Waals surface area (Å²) in [5, 5.41) is 0. The van der Waals surface area contributed by atoms with E-state index >= 15 is 0 Å². The summed E-state index contributed by atoms with van der Waals surface area (Å²) in [5.74, 6) is -1.26. The average molecular weight is 312 g/mol. The van der Waals surface area contributed by atoms with E-state index in [0.717, 1.165) is 6.07 Å². The molecule has 0 aliphatic rings. The fourth-order valence-electron chi connectivity index (χ4n) is 1.26. The molecule has 0 saturated heterocycles. The van der Waals surface area contributed by atoms with Gasteiger partial charge in [0.2, 0.25) is 0 Å². The van der Waals surface area contributed by atoms with Crippen LogP contribution in [0.4, 0.5) is 13.2 Å². The Morgan fingerprint density at radius 3 is 2.40 bits per heavy atom. The highest BCUT2D eigenvalue weighted by Crippen LogP contribution is 2.29. The molecule has 0 N–H and O–H groups in total. The van der Waals surface area contributed by atoms with Crippen LogP contribution in [0.1, 0.15) is 12.5 Å². The van der Waals surface area contributed by atoms with Crippen molar-refractivity contribution in [1.82, 2.24) is 0 Å². The highest BCUT2D eigenvalue weighted by atomic mass is 32.2. The molecule has 9 heteroatoms. The minimum atomic E-state index is -5.77. The smallest absolute Gasteiger partial charge is 0.466 e. The molecule has 0 aliphatic heterocycles.